The molecule has 9 nitrogen and oxygen atoms in total. The molecule has 3 aromatic heterocycles. The maximum absolute atomic E-state index is 13.5. The van der Waals surface area contributed by atoms with Crippen LogP contribution < -0.4 is 10.5 Å². The third-order valence-corrected chi connectivity index (χ3v) is 6.35. The molecule has 3 atom stereocenters. The highest BCUT2D eigenvalue weighted by Gasteiger charge is 2.53. The Kier molecular flexibility index (Phi) is 5.60. The van der Waals surface area contributed by atoms with E-state index in [2.05, 4.69) is 35.0 Å². The van der Waals surface area contributed by atoms with Gasteiger partial charge in [-0.1, -0.05) is 19.6 Å². The number of H-pyrrole nitrogens is 1. The molecule has 0 aliphatic heterocycles. The summed E-state index contributed by atoms with van der Waals surface area (Å²) in [4.78, 5) is 40.8. The van der Waals surface area contributed by atoms with E-state index in [-0.39, 0.29) is 35.2 Å². The fourth-order valence-electron chi connectivity index (χ4n) is 4.47. The summed E-state index contributed by atoms with van der Waals surface area (Å²) >= 11 is 0. The molecule has 1 aliphatic rings. The lowest BCUT2D eigenvalue weighted by Crippen LogP contribution is -2.33. The van der Waals surface area contributed by atoms with E-state index in [0.29, 0.717) is 28.8 Å². The Hall–Kier alpha value is -4.19. The van der Waals surface area contributed by atoms with Crippen molar-refractivity contribution in [2.24, 2.45) is 11.8 Å². The number of anilines is 1. The van der Waals surface area contributed by atoms with Gasteiger partial charge in [0, 0.05) is 62.3 Å². The summed E-state index contributed by atoms with van der Waals surface area (Å²) in [6.07, 6.45) is 6.43. The number of carbonyl (C=O) groups excluding carboxylic acids is 1. The second-order valence-corrected chi connectivity index (χ2v) is 8.25. The summed E-state index contributed by atoms with van der Waals surface area (Å²) in [5, 5.41) is 9.67. The maximum atomic E-state index is 13.5. The number of fused-ring (bicyclic) bond motifs is 1. The monoisotopic (exact) mass is 443 g/mol. The van der Waals surface area contributed by atoms with Gasteiger partial charge in [0.1, 0.15) is 17.4 Å². The van der Waals surface area contributed by atoms with Crippen molar-refractivity contribution in [2.45, 2.75) is 19.5 Å². The fraction of sp³-hybridized carbons (Fsp3) is 0.292. The molecule has 1 fully saturated rings. The minimum absolute atomic E-state index is 0.0326. The molecule has 4 rings (SSSR count). The van der Waals surface area contributed by atoms with Crippen LogP contribution in [0.2, 0.25) is 0 Å². The van der Waals surface area contributed by atoms with E-state index in [0.717, 1.165) is 5.70 Å². The van der Waals surface area contributed by atoms with E-state index in [1.165, 1.54) is 10.8 Å². The highest BCUT2D eigenvalue weighted by Crippen LogP contribution is 2.48. The molecule has 3 aromatic rings. The van der Waals surface area contributed by atoms with Gasteiger partial charge in [0.2, 0.25) is 5.82 Å². The molecule has 1 saturated carbocycles. The minimum Gasteiger partial charge on any atom is -0.357 e. The Bertz CT molecular complexity index is 1360. The number of aromatic nitrogens is 4. The Balaban J connectivity index is 1.59. The molecule has 1 N–H and O–H groups in total. The number of nitriles is 1. The fourth-order valence-corrected chi connectivity index (χ4v) is 4.47. The number of nitrogens with one attached hydrogen (secondary N) is 1. The van der Waals surface area contributed by atoms with Crippen LogP contribution in [-0.4, -0.2) is 50.5 Å². The van der Waals surface area contributed by atoms with Gasteiger partial charge >= 0.3 is 0 Å². The van der Waals surface area contributed by atoms with Gasteiger partial charge in [0.15, 0.2) is 0 Å². The van der Waals surface area contributed by atoms with Gasteiger partial charge in [-0.25, -0.2) is 9.97 Å². The molecule has 0 saturated heterocycles. The van der Waals surface area contributed by atoms with Crippen LogP contribution >= 0.6 is 0 Å². The van der Waals surface area contributed by atoms with E-state index in [1.807, 2.05) is 18.0 Å². The predicted octanol–water partition coefficient (Wildman–Crippen LogP) is 2.53. The first-order valence-electron chi connectivity index (χ1n) is 10.5. The smallest absolute Gasteiger partial charge is 0.275 e. The van der Waals surface area contributed by atoms with Crippen molar-refractivity contribution in [3.63, 3.8) is 0 Å². The van der Waals surface area contributed by atoms with Gasteiger partial charge < -0.3 is 19.4 Å². The quantitative estimate of drug-likeness (QED) is 0.562. The third kappa shape index (κ3) is 3.69. The van der Waals surface area contributed by atoms with Crippen molar-refractivity contribution >= 4 is 22.6 Å². The van der Waals surface area contributed by atoms with Gasteiger partial charge in [-0.3, -0.25) is 9.59 Å². The molecular formula is C24H25N7O2. The zero-order valence-electron chi connectivity index (χ0n) is 18.8. The zero-order valence-corrected chi connectivity index (χ0v) is 18.8. The normalized spacial score (nSPS) is 19.0. The van der Waals surface area contributed by atoms with Gasteiger partial charge in [0.25, 0.3) is 11.5 Å². The zero-order chi connectivity index (χ0) is 23.9. The third-order valence-electron chi connectivity index (χ3n) is 6.35. The first-order valence-corrected chi connectivity index (χ1v) is 10.5. The average molecular weight is 444 g/mol. The van der Waals surface area contributed by atoms with Gasteiger partial charge in [0.05, 0.1) is 5.56 Å². The van der Waals surface area contributed by atoms with Crippen molar-refractivity contribution < 1.29 is 4.79 Å². The van der Waals surface area contributed by atoms with Crippen molar-refractivity contribution in [3.05, 3.63) is 77.4 Å². The highest BCUT2D eigenvalue weighted by atomic mass is 16.2. The summed E-state index contributed by atoms with van der Waals surface area (Å²) < 4.78 is 1.48. The Morgan fingerprint density at radius 3 is 2.85 bits per heavy atom. The standard InChI is InChI=1S/C24H25N7O2/c1-6-11-31-13-17(16-7-9-27-21(16)24(31)33)23(32)30(5)22-14(2)20(22)15(3)29(4)19-8-10-26-18(12-25)28-19/h6-10,13-14,20,22,27H,1,3,11H2,2,4-5H3/t14-,20-,22+/m1/s1. The van der Waals surface area contributed by atoms with E-state index < -0.39 is 0 Å². The Morgan fingerprint density at radius 2 is 2.15 bits per heavy atom. The molecular weight excluding hydrogens is 418 g/mol. The largest absolute Gasteiger partial charge is 0.357 e. The van der Waals surface area contributed by atoms with Crippen molar-refractivity contribution in [2.75, 3.05) is 19.0 Å². The second-order valence-electron chi connectivity index (χ2n) is 8.25. The van der Waals surface area contributed by atoms with Crippen LogP contribution in [0, 0.1) is 23.2 Å². The Morgan fingerprint density at radius 1 is 1.39 bits per heavy atom. The van der Waals surface area contributed by atoms with Crippen LogP contribution in [0.1, 0.15) is 23.1 Å². The number of amides is 1. The first-order chi connectivity index (χ1) is 15.8. The molecule has 0 spiro atoms. The number of hydrogen-bond donors (Lipinski definition) is 1. The van der Waals surface area contributed by atoms with E-state index in [9.17, 15) is 9.59 Å². The topological polar surface area (TPSA) is 111 Å². The lowest BCUT2D eigenvalue weighted by molar-refractivity contribution is 0.0776. The van der Waals surface area contributed by atoms with Gasteiger partial charge in [-0.05, 0) is 18.1 Å². The SMILES string of the molecule is C=CCn1cc(C(=O)N(C)[C@H]2[C@H](C)[C@@H]2C(=C)N(C)c2ccnc(C#N)n2)c2cc[nH]c2c1=O. The molecule has 3 heterocycles. The number of carbonyl (C=O) groups is 1. The molecule has 168 valence electrons. The summed E-state index contributed by atoms with van der Waals surface area (Å²) in [5.74, 6) is 0.715. The van der Waals surface area contributed by atoms with Crippen molar-refractivity contribution in [3.8, 4) is 6.07 Å². The summed E-state index contributed by atoms with van der Waals surface area (Å²) in [6.45, 7) is 10.3. The van der Waals surface area contributed by atoms with Crippen molar-refractivity contribution in [1.29, 1.82) is 5.26 Å². The van der Waals surface area contributed by atoms with Crippen molar-refractivity contribution in [1.82, 2.24) is 24.4 Å². The molecule has 0 radical (unpaired) electrons. The maximum Gasteiger partial charge on any atom is 0.275 e. The number of allylic oxidation sites excluding steroid dienone is 1. The lowest BCUT2D eigenvalue weighted by atomic mass is 10.1. The molecule has 0 bridgehead atoms. The molecule has 9 heteroatoms. The van der Waals surface area contributed by atoms with Gasteiger partial charge in [-0.15, -0.1) is 6.58 Å². The summed E-state index contributed by atoms with van der Waals surface area (Å²) in [5.41, 5.74) is 1.47. The van der Waals surface area contributed by atoms with E-state index >= 15 is 0 Å². The number of aromatic amines is 1. The predicted molar refractivity (Wildman–Crippen MR) is 126 cm³/mol. The average Bonchev–Trinajstić information content (AvgIpc) is 3.24. The number of hydrogen-bond acceptors (Lipinski definition) is 6. The highest BCUT2D eigenvalue weighted by molar-refractivity contribution is 6.06. The molecule has 0 unspecified atom stereocenters. The van der Waals surface area contributed by atoms with Crippen LogP contribution in [0.25, 0.3) is 10.9 Å². The number of rotatable bonds is 7. The van der Waals surface area contributed by atoms with Gasteiger partial charge in [-0.2, -0.15) is 5.26 Å². The summed E-state index contributed by atoms with van der Waals surface area (Å²) in [6, 6.07) is 5.35. The van der Waals surface area contributed by atoms with Crippen LogP contribution in [0.4, 0.5) is 5.82 Å². The first kappa shape index (κ1) is 22.0. The molecule has 1 aliphatic carbocycles. The van der Waals surface area contributed by atoms with Crippen LogP contribution in [0.5, 0.6) is 0 Å². The van der Waals surface area contributed by atoms with E-state index in [1.54, 1.807) is 42.6 Å². The molecule has 0 aromatic carbocycles. The second kappa shape index (κ2) is 8.39. The molecule has 33 heavy (non-hydrogen) atoms. The minimum atomic E-state index is -0.191. The Labute approximate surface area is 191 Å². The number of nitrogens with zero attached hydrogens (tertiary/aromatic N) is 6. The van der Waals surface area contributed by atoms with E-state index in [4.69, 9.17) is 5.26 Å². The summed E-state index contributed by atoms with van der Waals surface area (Å²) in [7, 11) is 3.61. The number of pyridine rings is 1. The van der Waals surface area contributed by atoms with Crippen LogP contribution in [0.3, 0.4) is 0 Å². The molecule has 1 amide bonds. The van der Waals surface area contributed by atoms with Crippen LogP contribution in [-0.2, 0) is 6.54 Å². The lowest BCUT2D eigenvalue weighted by Gasteiger charge is -2.23. The van der Waals surface area contributed by atoms with Crippen LogP contribution in [0.15, 0.2) is 60.4 Å².